The zero-order valence-electron chi connectivity index (χ0n) is 12.3. The van der Waals surface area contributed by atoms with Crippen LogP contribution >= 0.6 is 12.2 Å². The minimum absolute atomic E-state index is 0.0903. The van der Waals surface area contributed by atoms with Gasteiger partial charge in [-0.1, -0.05) is 12.1 Å². The van der Waals surface area contributed by atoms with Crippen LogP contribution < -0.4 is 16.5 Å². The number of nitrogens with one attached hydrogen (secondary N) is 2. The molecule has 0 atom stereocenters. The molecule has 0 fully saturated rings. The van der Waals surface area contributed by atoms with Gasteiger partial charge in [0.2, 0.25) is 0 Å². The van der Waals surface area contributed by atoms with Gasteiger partial charge in [0.1, 0.15) is 5.82 Å². The normalized spacial score (nSPS) is 11.0. The van der Waals surface area contributed by atoms with Crippen molar-refractivity contribution in [3.05, 3.63) is 65.5 Å². The first kappa shape index (κ1) is 16.6. The van der Waals surface area contributed by atoms with Gasteiger partial charge in [0.25, 0.3) is 5.91 Å². The molecule has 0 saturated heterocycles. The quantitative estimate of drug-likeness (QED) is 0.457. The summed E-state index contributed by atoms with van der Waals surface area (Å²) >= 11 is 4.68. The van der Waals surface area contributed by atoms with Gasteiger partial charge in [-0.05, 0) is 61.1 Å². The van der Waals surface area contributed by atoms with Gasteiger partial charge in [-0.2, -0.15) is 5.10 Å². The lowest BCUT2D eigenvalue weighted by molar-refractivity contribution is 0.102. The molecule has 0 spiro atoms. The van der Waals surface area contributed by atoms with E-state index in [4.69, 9.17) is 5.73 Å². The third kappa shape index (κ3) is 4.86. The second-order valence-electron chi connectivity index (χ2n) is 4.71. The van der Waals surface area contributed by atoms with Crippen LogP contribution in [0.15, 0.2) is 53.6 Å². The zero-order valence-corrected chi connectivity index (χ0v) is 13.2. The largest absolute Gasteiger partial charge is 0.375 e. The number of thiocarbonyl (C=S) groups is 1. The van der Waals surface area contributed by atoms with Crippen molar-refractivity contribution in [1.82, 2.24) is 5.43 Å². The van der Waals surface area contributed by atoms with E-state index in [-0.39, 0.29) is 16.8 Å². The van der Waals surface area contributed by atoms with Crippen LogP contribution in [0.1, 0.15) is 22.8 Å². The maximum atomic E-state index is 12.8. The minimum atomic E-state index is -0.383. The van der Waals surface area contributed by atoms with Gasteiger partial charge in [-0.15, -0.1) is 0 Å². The Labute approximate surface area is 138 Å². The van der Waals surface area contributed by atoms with Crippen molar-refractivity contribution < 1.29 is 9.18 Å². The monoisotopic (exact) mass is 330 g/mol. The van der Waals surface area contributed by atoms with E-state index in [0.717, 1.165) is 5.56 Å². The van der Waals surface area contributed by atoms with Gasteiger partial charge in [0, 0.05) is 11.3 Å². The second kappa shape index (κ2) is 7.46. The first-order valence-electron chi connectivity index (χ1n) is 6.73. The van der Waals surface area contributed by atoms with Gasteiger partial charge >= 0.3 is 0 Å². The highest BCUT2D eigenvalue weighted by Crippen LogP contribution is 2.12. The first-order valence-corrected chi connectivity index (χ1v) is 7.13. The van der Waals surface area contributed by atoms with Crippen LogP contribution in [0.2, 0.25) is 0 Å². The maximum absolute atomic E-state index is 12.8. The molecule has 2 rings (SSSR count). The van der Waals surface area contributed by atoms with E-state index in [9.17, 15) is 9.18 Å². The highest BCUT2D eigenvalue weighted by atomic mass is 32.1. The Morgan fingerprint density at radius 3 is 2.22 bits per heavy atom. The molecule has 7 heteroatoms. The summed E-state index contributed by atoms with van der Waals surface area (Å²) in [5.41, 5.74) is 10.4. The van der Waals surface area contributed by atoms with Crippen LogP contribution in [0, 0.1) is 5.82 Å². The third-order valence-electron chi connectivity index (χ3n) is 3.00. The number of halogens is 1. The van der Waals surface area contributed by atoms with Crippen molar-refractivity contribution >= 4 is 34.6 Å². The van der Waals surface area contributed by atoms with Crippen molar-refractivity contribution in [2.24, 2.45) is 10.8 Å². The zero-order chi connectivity index (χ0) is 16.8. The van der Waals surface area contributed by atoms with Crippen LogP contribution in [-0.2, 0) is 0 Å². The molecule has 2 aromatic rings. The van der Waals surface area contributed by atoms with Crippen LogP contribution in [-0.4, -0.2) is 16.7 Å². The number of carbonyl (C=O) groups is 1. The number of hydrogen-bond donors (Lipinski definition) is 3. The van der Waals surface area contributed by atoms with E-state index in [1.54, 1.807) is 31.2 Å². The van der Waals surface area contributed by atoms with Gasteiger partial charge in [-0.25, -0.2) is 4.39 Å². The molecule has 0 aliphatic rings. The molecule has 4 N–H and O–H groups in total. The van der Waals surface area contributed by atoms with Gasteiger partial charge in [0.05, 0.1) is 5.71 Å². The summed E-state index contributed by atoms with van der Waals surface area (Å²) in [6.45, 7) is 1.80. The van der Waals surface area contributed by atoms with Gasteiger partial charge < -0.3 is 11.1 Å². The molecule has 0 radical (unpaired) electrons. The smallest absolute Gasteiger partial charge is 0.255 e. The molecule has 0 saturated carbocycles. The summed E-state index contributed by atoms with van der Waals surface area (Å²) < 4.78 is 12.8. The number of anilines is 1. The Morgan fingerprint density at radius 1 is 1.09 bits per heavy atom. The Hall–Kier alpha value is -2.80. The summed E-state index contributed by atoms with van der Waals surface area (Å²) in [5.74, 6) is -0.690. The van der Waals surface area contributed by atoms with Crippen molar-refractivity contribution in [1.29, 1.82) is 0 Å². The van der Waals surface area contributed by atoms with Crippen molar-refractivity contribution in [2.45, 2.75) is 6.92 Å². The van der Waals surface area contributed by atoms with Crippen LogP contribution in [0.4, 0.5) is 10.1 Å². The molecule has 0 aromatic heterocycles. The van der Waals surface area contributed by atoms with E-state index in [2.05, 4.69) is 28.1 Å². The van der Waals surface area contributed by atoms with Crippen LogP contribution in [0.3, 0.4) is 0 Å². The lowest BCUT2D eigenvalue weighted by Crippen LogP contribution is -2.25. The summed E-state index contributed by atoms with van der Waals surface area (Å²) in [5, 5.41) is 6.84. The minimum Gasteiger partial charge on any atom is -0.375 e. The average molecular weight is 330 g/mol. The molecular formula is C16H15FN4OS. The molecule has 1 amide bonds. The number of nitrogens with zero attached hydrogens (tertiary/aromatic N) is 1. The maximum Gasteiger partial charge on any atom is 0.255 e. The topological polar surface area (TPSA) is 79.5 Å². The molecule has 0 unspecified atom stereocenters. The molecule has 0 heterocycles. The summed E-state index contributed by atoms with van der Waals surface area (Å²) in [6, 6.07) is 12.4. The molecule has 2 aromatic carbocycles. The van der Waals surface area contributed by atoms with Crippen molar-refractivity contribution in [2.75, 3.05) is 5.32 Å². The Kier molecular flexibility index (Phi) is 5.37. The molecule has 0 bridgehead atoms. The van der Waals surface area contributed by atoms with Crippen LogP contribution in [0.5, 0.6) is 0 Å². The second-order valence-corrected chi connectivity index (χ2v) is 5.15. The van der Waals surface area contributed by atoms with E-state index >= 15 is 0 Å². The Morgan fingerprint density at radius 2 is 1.65 bits per heavy atom. The molecule has 0 aliphatic heterocycles. The molecular weight excluding hydrogens is 315 g/mol. The predicted molar refractivity (Wildman–Crippen MR) is 92.9 cm³/mol. The number of rotatable bonds is 4. The lowest BCUT2D eigenvalue weighted by atomic mass is 10.1. The number of nitrogens with two attached hydrogens (primary N) is 1. The van der Waals surface area contributed by atoms with Gasteiger partial charge in [-0.3, -0.25) is 10.2 Å². The van der Waals surface area contributed by atoms with E-state index in [1.165, 1.54) is 24.3 Å². The molecule has 23 heavy (non-hydrogen) atoms. The first-order chi connectivity index (χ1) is 11.0. The fraction of sp³-hybridized carbons (Fsp3) is 0.0625. The Bertz CT molecular complexity index is 742. The number of hydrogen-bond acceptors (Lipinski definition) is 3. The van der Waals surface area contributed by atoms with Crippen molar-refractivity contribution in [3.63, 3.8) is 0 Å². The highest BCUT2D eigenvalue weighted by molar-refractivity contribution is 7.80. The number of hydrazone groups is 1. The highest BCUT2D eigenvalue weighted by Gasteiger charge is 2.06. The standard InChI is InChI=1S/C16H15FN4OS/c1-10(20-21-16(18)23)11-4-8-14(9-5-11)19-15(22)12-2-6-13(17)7-3-12/h2-9H,1H3,(H,19,22)(H3,18,21,23)/b20-10-. The fourth-order valence-electron chi connectivity index (χ4n) is 1.80. The number of carbonyl (C=O) groups excluding carboxylic acids is 1. The molecule has 5 nitrogen and oxygen atoms in total. The molecule has 0 aliphatic carbocycles. The van der Waals surface area contributed by atoms with E-state index in [1.807, 2.05) is 0 Å². The number of benzene rings is 2. The SMILES string of the molecule is C/C(=N/NC(N)=S)c1ccc(NC(=O)c2ccc(F)cc2)cc1. The Balaban J connectivity index is 2.05. The molecule has 118 valence electrons. The fourth-order valence-corrected chi connectivity index (χ4v) is 1.85. The van der Waals surface area contributed by atoms with Crippen molar-refractivity contribution in [3.8, 4) is 0 Å². The average Bonchev–Trinajstić information content (AvgIpc) is 2.54. The summed E-state index contributed by atoms with van der Waals surface area (Å²) in [4.78, 5) is 12.0. The van der Waals surface area contributed by atoms with Crippen LogP contribution in [0.25, 0.3) is 0 Å². The lowest BCUT2D eigenvalue weighted by Gasteiger charge is -2.07. The predicted octanol–water partition coefficient (Wildman–Crippen LogP) is 2.64. The summed E-state index contributed by atoms with van der Waals surface area (Å²) in [7, 11) is 0. The third-order valence-corrected chi connectivity index (χ3v) is 3.09. The van der Waals surface area contributed by atoms with E-state index in [0.29, 0.717) is 17.0 Å². The number of amides is 1. The van der Waals surface area contributed by atoms with E-state index < -0.39 is 0 Å². The summed E-state index contributed by atoms with van der Waals surface area (Å²) in [6.07, 6.45) is 0. The van der Waals surface area contributed by atoms with Gasteiger partial charge in [0.15, 0.2) is 5.11 Å².